The lowest BCUT2D eigenvalue weighted by Gasteiger charge is -2.51. The van der Waals surface area contributed by atoms with Gasteiger partial charge < -0.3 is 204 Å². The maximum atomic E-state index is 13.0. The van der Waals surface area contributed by atoms with Gasteiger partial charge in [0.1, 0.15) is 195 Å². The van der Waals surface area contributed by atoms with Gasteiger partial charge in [-0.3, -0.25) is 14.4 Å². The first-order valence-electron chi connectivity index (χ1n) is 31.1. The van der Waals surface area contributed by atoms with Crippen LogP contribution < -0.4 is 16.0 Å². The molecule has 0 bridgehead atoms. The number of hydrogen-bond donors (Lipinski definition) is 26. The quantitative estimate of drug-likeness (QED) is 0.0404. The summed E-state index contributed by atoms with van der Waals surface area (Å²) < 4.78 is 87.1. The van der Waals surface area contributed by atoms with Crippen molar-refractivity contribution in [2.75, 3.05) is 52.9 Å². The second-order valence-corrected chi connectivity index (χ2v) is 24.6. The summed E-state index contributed by atoms with van der Waals surface area (Å²) in [7, 11) is 0. The second kappa shape index (κ2) is 35.1. The van der Waals surface area contributed by atoms with Gasteiger partial charge in [-0.25, -0.2) is 0 Å². The lowest BCUT2D eigenvalue weighted by molar-refractivity contribution is -0.389. The van der Waals surface area contributed by atoms with Gasteiger partial charge in [-0.15, -0.1) is 0 Å². The molecule has 8 aliphatic rings. The van der Waals surface area contributed by atoms with E-state index in [1.165, 1.54) is 0 Å². The van der Waals surface area contributed by atoms with Crippen molar-refractivity contribution in [2.24, 2.45) is 0 Å². The molecule has 44 nitrogen and oxygen atoms in total. The summed E-state index contributed by atoms with van der Waals surface area (Å²) in [5.41, 5.74) is 0. The van der Waals surface area contributed by atoms with E-state index in [-0.39, 0.29) is 0 Å². The zero-order chi connectivity index (χ0) is 72.2. The molecule has 0 aromatic rings. The van der Waals surface area contributed by atoms with E-state index in [2.05, 4.69) is 16.0 Å². The van der Waals surface area contributed by atoms with Crippen LogP contribution in [0.3, 0.4) is 0 Å². The lowest BCUT2D eigenvalue weighted by atomic mass is 9.93. The van der Waals surface area contributed by atoms with E-state index in [1.807, 2.05) is 0 Å². The van der Waals surface area contributed by atoms with Crippen LogP contribution in [0.25, 0.3) is 0 Å². The third-order valence-electron chi connectivity index (χ3n) is 17.8. The van der Waals surface area contributed by atoms with Crippen molar-refractivity contribution >= 4 is 17.7 Å². The Bertz CT molecular complexity index is 2510. The van der Waals surface area contributed by atoms with Gasteiger partial charge in [-0.05, 0) is 0 Å². The van der Waals surface area contributed by atoms with Gasteiger partial charge in [0.2, 0.25) is 17.7 Å². The first kappa shape index (κ1) is 80.6. The Labute approximate surface area is 554 Å². The average Bonchev–Trinajstić information content (AvgIpc) is 0.769. The van der Waals surface area contributed by atoms with Crippen molar-refractivity contribution < 1.29 is 203 Å². The molecule has 8 rings (SSSR count). The normalized spacial score (nSPS) is 49.5. The number of rotatable bonds is 25. The molecule has 0 spiro atoms. The van der Waals surface area contributed by atoms with Crippen molar-refractivity contribution in [1.82, 2.24) is 16.0 Å². The predicted octanol–water partition coefficient (Wildman–Crippen LogP) is -18.0. The number of ether oxygens (including phenoxy) is 15. The molecule has 0 radical (unpaired) electrons. The Morgan fingerprint density at radius 1 is 0.265 bits per heavy atom. The summed E-state index contributed by atoms with van der Waals surface area (Å²) in [4.78, 5) is 38.6. The third-order valence-corrected chi connectivity index (χ3v) is 17.8. The molecule has 2 unspecified atom stereocenters. The number of carbonyl (C=O) groups excluding carboxylic acids is 3. The Hall–Kier alpha value is -3.11. The van der Waals surface area contributed by atoms with E-state index >= 15 is 0 Å². The van der Waals surface area contributed by atoms with Crippen molar-refractivity contribution in [3.63, 3.8) is 0 Å². The standard InChI is InChI=1S/C54H91N3O41/c1-12(65)55-23-30(72)41(93-51-37(79)33(75)26(68)15(4-58)86-51)19(8-62)89-48(23)84-11-22-29(71)46(98-50-24(56-13(2)66)31(73)42(20(9-63)90-50)94-52-38(80)34(76)27(69)16(5-59)87-52)40(82)54(92-22)95-43-21(10-64)91-49(25(32(43)74)57-14(3)67)97-45-28(70)17(6-60)88-53(39(45)81)96-44-18(7-61)85-47(83)36(78)35(44)77/h15-54,58-64,68-83H,4-11H2,1-3H3,(H,55,65)(H,56,66)(H,57,67)/t15-,16-,17-,18-,19-,20-,21-,22-,23-,24-,25-,26+,27+,28+,29+,30-,31-,32-,33+,34+,35-,36-,37-,38-,39-,40-,41-,42-,43-,44-,45+,46+,47?,48-,49+,50+,51?,52+,53+,54+/m1/s1. The first-order chi connectivity index (χ1) is 46.4. The maximum Gasteiger partial charge on any atom is 0.217 e. The van der Waals surface area contributed by atoms with Crippen LogP contribution in [0.2, 0.25) is 0 Å². The summed E-state index contributed by atoms with van der Waals surface area (Å²) in [5.74, 6) is -2.76. The van der Waals surface area contributed by atoms with Gasteiger partial charge in [-0.1, -0.05) is 0 Å². The minimum Gasteiger partial charge on any atom is -0.394 e. The molecule has 26 N–H and O–H groups in total. The molecule has 3 amide bonds. The van der Waals surface area contributed by atoms with Crippen LogP contribution in [0.4, 0.5) is 0 Å². The highest BCUT2D eigenvalue weighted by Gasteiger charge is 2.60. The van der Waals surface area contributed by atoms with Gasteiger partial charge >= 0.3 is 0 Å². The topological polar surface area (TPSA) is 691 Å². The van der Waals surface area contributed by atoms with Gasteiger partial charge in [-0.2, -0.15) is 0 Å². The molecule has 568 valence electrons. The summed E-state index contributed by atoms with van der Waals surface area (Å²) in [6.07, 6.45) is -73.9. The molecule has 98 heavy (non-hydrogen) atoms. The average molecular weight is 1440 g/mol. The highest BCUT2D eigenvalue weighted by Crippen LogP contribution is 2.39. The second-order valence-electron chi connectivity index (χ2n) is 24.6. The predicted molar refractivity (Wildman–Crippen MR) is 299 cm³/mol. The Morgan fingerprint density at radius 3 is 0.878 bits per heavy atom. The molecular weight excluding hydrogens is 1350 g/mol. The summed E-state index contributed by atoms with van der Waals surface area (Å²) in [6.45, 7) is -5.39. The molecular formula is C54H91N3O41. The van der Waals surface area contributed by atoms with Crippen molar-refractivity contribution in [1.29, 1.82) is 0 Å². The van der Waals surface area contributed by atoms with Crippen LogP contribution in [0.5, 0.6) is 0 Å². The van der Waals surface area contributed by atoms with E-state index in [1.54, 1.807) is 0 Å². The molecule has 44 heteroatoms. The van der Waals surface area contributed by atoms with Gasteiger partial charge in [0.25, 0.3) is 0 Å². The molecule has 40 atom stereocenters. The summed E-state index contributed by atoms with van der Waals surface area (Å²) in [5, 5.41) is 257. The van der Waals surface area contributed by atoms with Crippen LogP contribution >= 0.6 is 0 Å². The number of hydrogen-bond acceptors (Lipinski definition) is 41. The highest BCUT2D eigenvalue weighted by molar-refractivity contribution is 5.74. The lowest BCUT2D eigenvalue weighted by Crippen LogP contribution is -2.71. The van der Waals surface area contributed by atoms with Gasteiger partial charge in [0.05, 0.1) is 52.9 Å². The van der Waals surface area contributed by atoms with E-state index in [4.69, 9.17) is 71.1 Å². The first-order valence-corrected chi connectivity index (χ1v) is 31.1. The largest absolute Gasteiger partial charge is 0.394 e. The Kier molecular flexibility index (Phi) is 28.9. The van der Waals surface area contributed by atoms with Crippen LogP contribution in [0, 0.1) is 0 Å². The number of aliphatic hydroxyl groups is 23. The number of nitrogens with one attached hydrogen (secondary N) is 3. The molecule has 8 aliphatic heterocycles. The SMILES string of the molecule is CC(=O)N[C@H]1[C@H](OC[C@H]2O[C@@H](O[C@H]3[C@H](O)[C@@H](NC(C)=O)[C@H](O[C@H]4[C@@H](O)[C@@H](CO)O[C@@H](O[C@H]5[C@H](O)[C@@H](O)C(O)O[C@@H]5CO)[C@@H]4O)O[C@@H]3CO)[C@H](O)[C@@H](O[C@@H]3O[C@H](CO)[C@@H](O[C@@H]4O[C@H](CO)[C@H](O)[C@H](O)[C@H]4O)[C@H](O)[C@H]3NC(C)=O)[C@H]2O)O[C@H](CO)[C@@H](OC2O[C@H](CO)[C@H](O)[C@H](O)[C@H]2O)[C@@H]1O. The Morgan fingerprint density at radius 2 is 0.531 bits per heavy atom. The monoisotopic (exact) mass is 1440 g/mol. The Balaban J connectivity index is 1.09. The van der Waals surface area contributed by atoms with E-state index < -0.39 is 316 Å². The van der Waals surface area contributed by atoms with Crippen LogP contribution in [0.15, 0.2) is 0 Å². The minimum absolute atomic E-state index is 0.874. The van der Waals surface area contributed by atoms with Crippen LogP contribution in [-0.4, -0.2) is 433 Å². The molecule has 8 fully saturated rings. The minimum atomic E-state index is -2.45. The summed E-state index contributed by atoms with van der Waals surface area (Å²) in [6, 6.07) is -5.64. The van der Waals surface area contributed by atoms with Crippen molar-refractivity contribution in [2.45, 2.75) is 266 Å². The molecule has 8 heterocycles. The maximum absolute atomic E-state index is 13.0. The fraction of sp³-hybridized carbons (Fsp3) is 0.944. The number of aliphatic hydroxyl groups excluding tert-OH is 23. The number of carbonyl (C=O) groups is 3. The fourth-order valence-electron chi connectivity index (χ4n) is 12.6. The van der Waals surface area contributed by atoms with E-state index in [0.29, 0.717) is 0 Å². The molecule has 0 aliphatic carbocycles. The zero-order valence-corrected chi connectivity index (χ0v) is 52.4. The molecule has 0 saturated carbocycles. The van der Waals surface area contributed by atoms with Gasteiger partial charge in [0, 0.05) is 20.8 Å². The van der Waals surface area contributed by atoms with Crippen molar-refractivity contribution in [3.05, 3.63) is 0 Å². The zero-order valence-electron chi connectivity index (χ0n) is 52.4. The highest BCUT2D eigenvalue weighted by atomic mass is 16.8. The van der Waals surface area contributed by atoms with Crippen LogP contribution in [-0.2, 0) is 85.4 Å². The molecule has 8 saturated heterocycles. The van der Waals surface area contributed by atoms with Crippen molar-refractivity contribution in [3.8, 4) is 0 Å². The van der Waals surface area contributed by atoms with E-state index in [9.17, 15) is 132 Å². The third kappa shape index (κ3) is 17.5. The molecule has 0 aromatic carbocycles. The molecule has 0 aromatic heterocycles. The van der Waals surface area contributed by atoms with E-state index in [0.717, 1.165) is 20.8 Å². The summed E-state index contributed by atoms with van der Waals surface area (Å²) >= 11 is 0. The van der Waals surface area contributed by atoms with Crippen LogP contribution in [0.1, 0.15) is 20.8 Å². The number of amides is 3. The fourth-order valence-corrected chi connectivity index (χ4v) is 12.6. The van der Waals surface area contributed by atoms with Gasteiger partial charge in [0.15, 0.2) is 50.3 Å². The smallest absolute Gasteiger partial charge is 0.217 e.